The third-order valence-electron chi connectivity index (χ3n) is 6.45. The minimum Gasteiger partial charge on any atom is -0.399 e. The van der Waals surface area contributed by atoms with Gasteiger partial charge in [-0.25, -0.2) is 4.98 Å². The van der Waals surface area contributed by atoms with Crippen LogP contribution in [-0.2, 0) is 11.2 Å². The SMILES string of the molecule is CN(C(=O)[C@H](Cc1ccccc1)NC(=O)c1cccc(C(=O)Nc2cccc(N)c2)c1)c1ccc2scnc2c1. The van der Waals surface area contributed by atoms with Crippen molar-refractivity contribution in [1.82, 2.24) is 10.3 Å². The van der Waals surface area contributed by atoms with Crippen molar-refractivity contribution in [2.45, 2.75) is 12.5 Å². The molecule has 0 fully saturated rings. The van der Waals surface area contributed by atoms with Gasteiger partial charge in [-0.3, -0.25) is 14.4 Å². The van der Waals surface area contributed by atoms with Crippen molar-refractivity contribution in [3.05, 3.63) is 119 Å². The zero-order valence-corrected chi connectivity index (χ0v) is 22.5. The van der Waals surface area contributed by atoms with E-state index in [1.54, 1.807) is 55.0 Å². The minimum absolute atomic E-state index is 0.262. The number of hydrogen-bond donors (Lipinski definition) is 3. The molecule has 4 aromatic carbocycles. The Hall–Kier alpha value is -5.02. The number of hydrogen-bond acceptors (Lipinski definition) is 6. The molecule has 0 radical (unpaired) electrons. The van der Waals surface area contributed by atoms with Crippen LogP contribution < -0.4 is 21.3 Å². The standard InChI is InChI=1S/C31H27N5O3S/c1-36(25-13-14-28-26(18-25)33-19-40-28)31(39)27(15-20-7-3-2-4-8-20)35-30(38)22-10-5-9-21(16-22)29(37)34-24-12-6-11-23(32)17-24/h2-14,16-19,27H,15,32H2,1H3,(H,34,37)(H,35,38)/t27-/m0/s1. The number of rotatable bonds is 8. The molecule has 1 heterocycles. The van der Waals surface area contributed by atoms with E-state index < -0.39 is 11.9 Å². The average Bonchev–Trinajstić information content (AvgIpc) is 3.45. The van der Waals surface area contributed by atoms with Gasteiger partial charge in [0.2, 0.25) is 5.91 Å². The van der Waals surface area contributed by atoms with Crippen LogP contribution >= 0.6 is 11.3 Å². The first-order valence-corrected chi connectivity index (χ1v) is 13.5. The Balaban J connectivity index is 1.36. The highest BCUT2D eigenvalue weighted by molar-refractivity contribution is 7.16. The van der Waals surface area contributed by atoms with Crippen LogP contribution in [0.4, 0.5) is 17.1 Å². The number of amides is 3. The van der Waals surface area contributed by atoms with Crippen molar-refractivity contribution in [3.63, 3.8) is 0 Å². The molecule has 3 amide bonds. The van der Waals surface area contributed by atoms with E-state index >= 15 is 0 Å². The lowest BCUT2D eigenvalue weighted by Gasteiger charge is -2.25. The molecule has 4 N–H and O–H groups in total. The van der Waals surface area contributed by atoms with Gasteiger partial charge in [-0.15, -0.1) is 11.3 Å². The Morgan fingerprint density at radius 2 is 1.62 bits per heavy atom. The predicted octanol–water partition coefficient (Wildman–Crippen LogP) is 5.13. The van der Waals surface area contributed by atoms with E-state index in [0.717, 1.165) is 15.8 Å². The molecule has 0 saturated carbocycles. The molecule has 0 saturated heterocycles. The molecule has 5 rings (SSSR count). The van der Waals surface area contributed by atoms with Crippen molar-refractivity contribution >= 4 is 56.3 Å². The van der Waals surface area contributed by atoms with E-state index in [4.69, 9.17) is 5.73 Å². The van der Waals surface area contributed by atoms with E-state index in [2.05, 4.69) is 15.6 Å². The highest BCUT2D eigenvalue weighted by Crippen LogP contribution is 2.24. The smallest absolute Gasteiger partial charge is 0.255 e. The van der Waals surface area contributed by atoms with Crippen molar-refractivity contribution in [2.75, 3.05) is 23.0 Å². The first kappa shape index (κ1) is 26.6. The fourth-order valence-corrected chi connectivity index (χ4v) is 4.99. The molecular formula is C31H27N5O3S. The molecule has 40 heavy (non-hydrogen) atoms. The second-order valence-corrected chi connectivity index (χ2v) is 10.2. The summed E-state index contributed by atoms with van der Waals surface area (Å²) in [6.07, 6.45) is 0.296. The Kier molecular flexibility index (Phi) is 7.84. The zero-order valence-electron chi connectivity index (χ0n) is 21.7. The summed E-state index contributed by atoms with van der Waals surface area (Å²) < 4.78 is 1.03. The van der Waals surface area contributed by atoms with Gasteiger partial charge in [0, 0.05) is 41.7 Å². The largest absolute Gasteiger partial charge is 0.399 e. The second kappa shape index (κ2) is 11.8. The number of nitrogens with two attached hydrogens (primary N) is 1. The van der Waals surface area contributed by atoms with E-state index in [1.807, 2.05) is 48.5 Å². The number of nitrogen functional groups attached to an aromatic ring is 1. The molecule has 0 aliphatic heterocycles. The van der Waals surface area contributed by atoms with Crippen LogP contribution in [0.15, 0.2) is 103 Å². The molecule has 0 bridgehead atoms. The Morgan fingerprint density at radius 3 is 2.40 bits per heavy atom. The molecule has 1 aromatic heterocycles. The maximum atomic E-state index is 13.7. The average molecular weight is 550 g/mol. The number of benzene rings is 4. The van der Waals surface area contributed by atoms with Crippen LogP contribution in [0.3, 0.4) is 0 Å². The fraction of sp³-hybridized carbons (Fsp3) is 0.0968. The number of nitrogens with zero attached hydrogens (tertiary/aromatic N) is 2. The summed E-state index contributed by atoms with van der Waals surface area (Å²) in [5.41, 5.74) is 11.6. The number of aromatic nitrogens is 1. The molecule has 0 aliphatic carbocycles. The van der Waals surface area contributed by atoms with Crippen LogP contribution in [0.5, 0.6) is 0 Å². The lowest BCUT2D eigenvalue weighted by atomic mass is 10.0. The third kappa shape index (κ3) is 6.16. The molecule has 1 atom stereocenters. The number of likely N-dealkylation sites (N-methyl/N-ethyl adjacent to an activating group) is 1. The summed E-state index contributed by atoms with van der Waals surface area (Å²) in [6.45, 7) is 0. The number of thiazole rings is 1. The molecule has 0 unspecified atom stereocenters. The topological polar surface area (TPSA) is 117 Å². The normalized spacial score (nSPS) is 11.5. The quantitative estimate of drug-likeness (QED) is 0.232. The molecule has 0 spiro atoms. The van der Waals surface area contributed by atoms with Crippen LogP contribution in [0, 0.1) is 0 Å². The summed E-state index contributed by atoms with van der Waals surface area (Å²) in [7, 11) is 1.68. The van der Waals surface area contributed by atoms with Gasteiger partial charge >= 0.3 is 0 Å². The highest BCUT2D eigenvalue weighted by Gasteiger charge is 2.26. The number of nitrogens with one attached hydrogen (secondary N) is 2. The zero-order chi connectivity index (χ0) is 28.1. The number of carbonyl (C=O) groups excluding carboxylic acids is 3. The Labute approximate surface area is 235 Å². The third-order valence-corrected chi connectivity index (χ3v) is 7.26. The maximum Gasteiger partial charge on any atom is 0.255 e. The predicted molar refractivity (Wildman–Crippen MR) is 160 cm³/mol. The van der Waals surface area contributed by atoms with E-state index in [9.17, 15) is 14.4 Å². The first-order valence-electron chi connectivity index (χ1n) is 12.6. The van der Waals surface area contributed by atoms with Gasteiger partial charge in [0.25, 0.3) is 11.8 Å². The van der Waals surface area contributed by atoms with Gasteiger partial charge in [-0.2, -0.15) is 0 Å². The first-order chi connectivity index (χ1) is 19.4. The fourth-order valence-electron chi connectivity index (χ4n) is 4.33. The summed E-state index contributed by atoms with van der Waals surface area (Å²) in [5, 5.41) is 5.68. The summed E-state index contributed by atoms with van der Waals surface area (Å²) in [4.78, 5) is 45.8. The highest BCUT2D eigenvalue weighted by atomic mass is 32.1. The summed E-state index contributed by atoms with van der Waals surface area (Å²) in [6, 6.07) is 27.5. The lowest BCUT2D eigenvalue weighted by molar-refractivity contribution is -0.120. The van der Waals surface area contributed by atoms with E-state index in [-0.39, 0.29) is 17.4 Å². The monoisotopic (exact) mass is 549 g/mol. The van der Waals surface area contributed by atoms with Crippen molar-refractivity contribution in [3.8, 4) is 0 Å². The van der Waals surface area contributed by atoms with Crippen LogP contribution in [0.25, 0.3) is 10.2 Å². The molecule has 5 aromatic rings. The van der Waals surface area contributed by atoms with Crippen LogP contribution in [0.2, 0.25) is 0 Å². The number of carbonyl (C=O) groups is 3. The van der Waals surface area contributed by atoms with Crippen LogP contribution in [0.1, 0.15) is 26.3 Å². The minimum atomic E-state index is -0.851. The summed E-state index contributed by atoms with van der Waals surface area (Å²) in [5.74, 6) is -1.12. The Bertz CT molecular complexity index is 1690. The van der Waals surface area contributed by atoms with Gasteiger partial charge in [0.1, 0.15) is 6.04 Å². The van der Waals surface area contributed by atoms with Gasteiger partial charge < -0.3 is 21.3 Å². The van der Waals surface area contributed by atoms with Crippen molar-refractivity contribution in [1.29, 1.82) is 0 Å². The molecule has 0 aliphatic rings. The summed E-state index contributed by atoms with van der Waals surface area (Å²) >= 11 is 1.53. The van der Waals surface area contributed by atoms with Crippen molar-refractivity contribution in [2.24, 2.45) is 0 Å². The molecule has 8 nitrogen and oxygen atoms in total. The number of fused-ring (bicyclic) bond motifs is 1. The van der Waals surface area contributed by atoms with E-state index in [1.165, 1.54) is 22.3 Å². The Morgan fingerprint density at radius 1 is 0.875 bits per heavy atom. The second-order valence-electron chi connectivity index (χ2n) is 9.28. The van der Waals surface area contributed by atoms with E-state index in [0.29, 0.717) is 29.0 Å². The maximum absolute atomic E-state index is 13.7. The van der Waals surface area contributed by atoms with Crippen LogP contribution in [-0.4, -0.2) is 35.8 Å². The molecule has 200 valence electrons. The molecular weight excluding hydrogens is 522 g/mol. The lowest BCUT2D eigenvalue weighted by Crippen LogP contribution is -2.48. The van der Waals surface area contributed by atoms with Crippen molar-refractivity contribution < 1.29 is 14.4 Å². The van der Waals surface area contributed by atoms with Gasteiger partial charge in [-0.1, -0.05) is 42.5 Å². The van der Waals surface area contributed by atoms with Gasteiger partial charge in [0.15, 0.2) is 0 Å². The number of anilines is 3. The van der Waals surface area contributed by atoms with Gasteiger partial charge in [-0.05, 0) is 60.2 Å². The molecule has 9 heteroatoms. The van der Waals surface area contributed by atoms with Gasteiger partial charge in [0.05, 0.1) is 15.7 Å².